The first-order valence-electron chi connectivity index (χ1n) is 3.66. The quantitative estimate of drug-likeness (QED) is 0.565. The van der Waals surface area contributed by atoms with Crippen LogP contribution in [0.5, 0.6) is 0 Å². The summed E-state index contributed by atoms with van der Waals surface area (Å²) in [7, 11) is 0. The molecule has 1 saturated heterocycles. The Bertz CT molecular complexity index is 119. The highest BCUT2D eigenvalue weighted by Crippen LogP contribution is 2.04. The summed E-state index contributed by atoms with van der Waals surface area (Å²) in [5, 5.41) is 3.23. The smallest absolute Gasteiger partial charge is 0.302 e. The number of hydrogen-bond acceptors (Lipinski definition) is 3. The van der Waals surface area contributed by atoms with E-state index in [1.54, 1.807) is 0 Å². The van der Waals surface area contributed by atoms with Crippen molar-refractivity contribution in [2.75, 3.05) is 13.2 Å². The monoisotopic (exact) mass is 143 g/mol. The summed E-state index contributed by atoms with van der Waals surface area (Å²) in [6.07, 6.45) is 2.33. The fraction of sp³-hybridized carbons (Fsp3) is 0.857. The molecule has 0 unspecified atom stereocenters. The molecule has 0 spiro atoms. The lowest BCUT2D eigenvalue weighted by Crippen LogP contribution is -2.27. The molecule has 1 aliphatic rings. The zero-order chi connectivity index (χ0) is 7.40. The lowest BCUT2D eigenvalue weighted by molar-refractivity contribution is -0.141. The summed E-state index contributed by atoms with van der Waals surface area (Å²) < 4.78 is 4.82. The molecule has 0 bridgehead atoms. The van der Waals surface area contributed by atoms with E-state index in [4.69, 9.17) is 4.74 Å². The highest BCUT2D eigenvalue weighted by molar-refractivity contribution is 5.65. The van der Waals surface area contributed by atoms with Gasteiger partial charge < -0.3 is 10.1 Å². The number of nitrogens with one attached hydrogen (secondary N) is 1. The van der Waals surface area contributed by atoms with Crippen LogP contribution in [0.2, 0.25) is 0 Å². The Labute approximate surface area is 60.7 Å². The maximum atomic E-state index is 10.4. The number of hydrogen-bond donors (Lipinski definition) is 1. The van der Waals surface area contributed by atoms with Gasteiger partial charge in [-0.05, 0) is 19.4 Å². The molecular weight excluding hydrogens is 130 g/mol. The molecule has 1 heterocycles. The minimum atomic E-state index is -0.186. The SMILES string of the molecule is CC(=O)OC[C@H]1CCCN1. The molecule has 0 aromatic carbocycles. The van der Waals surface area contributed by atoms with Crippen LogP contribution in [0.1, 0.15) is 19.8 Å². The lowest BCUT2D eigenvalue weighted by Gasteiger charge is -2.08. The van der Waals surface area contributed by atoms with Gasteiger partial charge in [0.25, 0.3) is 0 Å². The first-order chi connectivity index (χ1) is 4.79. The molecule has 1 N–H and O–H groups in total. The van der Waals surface area contributed by atoms with E-state index in [1.165, 1.54) is 13.3 Å². The first kappa shape index (κ1) is 7.54. The second-order valence-corrected chi connectivity index (χ2v) is 2.60. The van der Waals surface area contributed by atoms with Crippen LogP contribution in [-0.2, 0) is 9.53 Å². The van der Waals surface area contributed by atoms with Crippen molar-refractivity contribution in [1.29, 1.82) is 0 Å². The molecule has 10 heavy (non-hydrogen) atoms. The van der Waals surface area contributed by atoms with Gasteiger partial charge in [-0.3, -0.25) is 4.79 Å². The molecule has 58 valence electrons. The largest absolute Gasteiger partial charge is 0.464 e. The highest BCUT2D eigenvalue weighted by Gasteiger charge is 2.14. The molecule has 0 saturated carbocycles. The maximum Gasteiger partial charge on any atom is 0.302 e. The van der Waals surface area contributed by atoms with Crippen LogP contribution >= 0.6 is 0 Å². The summed E-state index contributed by atoms with van der Waals surface area (Å²) in [5.41, 5.74) is 0. The molecule has 0 radical (unpaired) electrons. The van der Waals surface area contributed by atoms with Gasteiger partial charge in [-0.1, -0.05) is 0 Å². The molecule has 0 aromatic rings. The summed E-state index contributed by atoms with van der Waals surface area (Å²) in [6, 6.07) is 0.406. The van der Waals surface area contributed by atoms with E-state index in [9.17, 15) is 4.79 Å². The van der Waals surface area contributed by atoms with Gasteiger partial charge in [0.2, 0.25) is 0 Å². The van der Waals surface area contributed by atoms with Gasteiger partial charge in [0, 0.05) is 13.0 Å². The molecule has 3 nitrogen and oxygen atoms in total. The number of carbonyl (C=O) groups excluding carboxylic acids is 1. The lowest BCUT2D eigenvalue weighted by atomic mass is 10.2. The zero-order valence-corrected chi connectivity index (χ0v) is 6.22. The van der Waals surface area contributed by atoms with Crippen molar-refractivity contribution in [2.24, 2.45) is 0 Å². The normalized spacial score (nSPS) is 24.7. The van der Waals surface area contributed by atoms with Crippen molar-refractivity contribution in [1.82, 2.24) is 5.32 Å². The first-order valence-corrected chi connectivity index (χ1v) is 3.66. The second kappa shape index (κ2) is 3.56. The minimum absolute atomic E-state index is 0.186. The van der Waals surface area contributed by atoms with Crippen molar-refractivity contribution in [2.45, 2.75) is 25.8 Å². The third-order valence-electron chi connectivity index (χ3n) is 1.65. The van der Waals surface area contributed by atoms with Crippen molar-refractivity contribution in [3.63, 3.8) is 0 Å². The van der Waals surface area contributed by atoms with E-state index in [0.29, 0.717) is 12.6 Å². The Morgan fingerprint density at radius 1 is 1.80 bits per heavy atom. The summed E-state index contributed by atoms with van der Waals surface area (Å²) in [4.78, 5) is 10.4. The Hall–Kier alpha value is -0.570. The van der Waals surface area contributed by atoms with Gasteiger partial charge in [-0.2, -0.15) is 0 Å². The molecule has 0 aliphatic carbocycles. The standard InChI is InChI=1S/C7H13NO2/c1-6(9)10-5-7-3-2-4-8-7/h7-8H,2-5H2,1H3/t7-/m1/s1. The van der Waals surface area contributed by atoms with E-state index in [-0.39, 0.29) is 5.97 Å². The minimum Gasteiger partial charge on any atom is -0.464 e. The van der Waals surface area contributed by atoms with E-state index in [2.05, 4.69) is 5.32 Å². The van der Waals surface area contributed by atoms with Gasteiger partial charge in [0.1, 0.15) is 6.61 Å². The molecule has 1 rings (SSSR count). The van der Waals surface area contributed by atoms with Crippen LogP contribution in [0.15, 0.2) is 0 Å². The molecule has 3 heteroatoms. The zero-order valence-electron chi connectivity index (χ0n) is 6.22. The molecule has 1 fully saturated rings. The van der Waals surface area contributed by atoms with Gasteiger partial charge in [-0.25, -0.2) is 0 Å². The maximum absolute atomic E-state index is 10.4. The van der Waals surface area contributed by atoms with Gasteiger partial charge >= 0.3 is 5.97 Å². The van der Waals surface area contributed by atoms with Gasteiger partial charge in [-0.15, -0.1) is 0 Å². The van der Waals surface area contributed by atoms with Crippen LogP contribution < -0.4 is 5.32 Å². The predicted octanol–water partition coefficient (Wildman–Crippen LogP) is 0.301. The molecular formula is C7H13NO2. The Kier molecular flexibility index (Phi) is 2.68. The Morgan fingerprint density at radius 3 is 3.10 bits per heavy atom. The van der Waals surface area contributed by atoms with Gasteiger partial charge in [0.15, 0.2) is 0 Å². The number of carbonyl (C=O) groups is 1. The van der Waals surface area contributed by atoms with Crippen molar-refractivity contribution >= 4 is 5.97 Å². The van der Waals surface area contributed by atoms with Crippen LogP contribution in [0.4, 0.5) is 0 Å². The molecule has 0 aromatic heterocycles. The van der Waals surface area contributed by atoms with Gasteiger partial charge in [0.05, 0.1) is 0 Å². The summed E-state index contributed by atoms with van der Waals surface area (Å²) >= 11 is 0. The third kappa shape index (κ3) is 2.35. The number of esters is 1. The average molecular weight is 143 g/mol. The van der Waals surface area contributed by atoms with E-state index < -0.39 is 0 Å². The topological polar surface area (TPSA) is 38.3 Å². The van der Waals surface area contributed by atoms with E-state index in [1.807, 2.05) is 0 Å². The average Bonchev–Trinajstić information content (AvgIpc) is 2.34. The molecule has 1 atom stereocenters. The van der Waals surface area contributed by atoms with E-state index >= 15 is 0 Å². The van der Waals surface area contributed by atoms with Crippen molar-refractivity contribution < 1.29 is 9.53 Å². The third-order valence-corrected chi connectivity index (χ3v) is 1.65. The fourth-order valence-electron chi connectivity index (χ4n) is 1.12. The van der Waals surface area contributed by atoms with Crippen LogP contribution in [0.3, 0.4) is 0 Å². The van der Waals surface area contributed by atoms with Crippen LogP contribution in [0.25, 0.3) is 0 Å². The van der Waals surface area contributed by atoms with Crippen molar-refractivity contribution in [3.05, 3.63) is 0 Å². The molecule has 1 aliphatic heterocycles. The Balaban J connectivity index is 2.07. The molecule has 0 amide bonds. The van der Waals surface area contributed by atoms with Crippen LogP contribution in [-0.4, -0.2) is 25.2 Å². The van der Waals surface area contributed by atoms with Crippen molar-refractivity contribution in [3.8, 4) is 0 Å². The number of rotatable bonds is 2. The van der Waals surface area contributed by atoms with E-state index in [0.717, 1.165) is 13.0 Å². The summed E-state index contributed by atoms with van der Waals surface area (Å²) in [6.45, 7) is 3.04. The fourth-order valence-corrected chi connectivity index (χ4v) is 1.12. The van der Waals surface area contributed by atoms with Crippen LogP contribution in [0, 0.1) is 0 Å². The summed E-state index contributed by atoms with van der Waals surface area (Å²) in [5.74, 6) is -0.186. The number of ether oxygens (including phenoxy) is 1. The predicted molar refractivity (Wildman–Crippen MR) is 37.7 cm³/mol. The highest BCUT2D eigenvalue weighted by atomic mass is 16.5. The second-order valence-electron chi connectivity index (χ2n) is 2.60. The Morgan fingerprint density at radius 2 is 2.60 bits per heavy atom.